The summed E-state index contributed by atoms with van der Waals surface area (Å²) < 4.78 is 17.1. The number of carbonyl (C=O) groups excluding carboxylic acids is 2. The third-order valence-corrected chi connectivity index (χ3v) is 9.14. The van der Waals surface area contributed by atoms with Crippen LogP contribution < -0.4 is 0 Å². The lowest BCUT2D eigenvalue weighted by atomic mass is 10.0. The second-order valence-electron chi connectivity index (χ2n) is 13.9. The molecular formula is C41H80O5. The minimum absolute atomic E-state index is 0.0950. The van der Waals surface area contributed by atoms with Crippen molar-refractivity contribution in [1.82, 2.24) is 0 Å². The molecular weight excluding hydrogens is 572 g/mol. The minimum atomic E-state index is -0.517. The smallest absolute Gasteiger partial charge is 0.306 e. The monoisotopic (exact) mass is 653 g/mol. The van der Waals surface area contributed by atoms with E-state index >= 15 is 0 Å². The van der Waals surface area contributed by atoms with E-state index in [9.17, 15) is 9.59 Å². The molecule has 46 heavy (non-hydrogen) atoms. The average molecular weight is 653 g/mol. The van der Waals surface area contributed by atoms with Crippen molar-refractivity contribution in [2.24, 2.45) is 0 Å². The van der Waals surface area contributed by atoms with Gasteiger partial charge in [0.05, 0.1) is 6.61 Å². The van der Waals surface area contributed by atoms with Crippen molar-refractivity contribution >= 4 is 11.9 Å². The quantitative estimate of drug-likeness (QED) is 0.0490. The Morgan fingerprint density at radius 3 is 1.11 bits per heavy atom. The van der Waals surface area contributed by atoms with Crippen molar-refractivity contribution in [3.63, 3.8) is 0 Å². The molecule has 0 aromatic heterocycles. The van der Waals surface area contributed by atoms with Crippen LogP contribution in [0, 0.1) is 0 Å². The van der Waals surface area contributed by atoms with Gasteiger partial charge in [0, 0.05) is 19.4 Å². The molecule has 1 unspecified atom stereocenters. The van der Waals surface area contributed by atoms with E-state index in [1.165, 1.54) is 161 Å². The fraction of sp³-hybridized carbons (Fsp3) is 0.951. The summed E-state index contributed by atoms with van der Waals surface area (Å²) >= 11 is 0. The first kappa shape index (κ1) is 44.9. The molecule has 1 atom stereocenters. The van der Waals surface area contributed by atoms with Gasteiger partial charge in [-0.3, -0.25) is 9.59 Å². The summed E-state index contributed by atoms with van der Waals surface area (Å²) in [5.74, 6) is -0.390. The van der Waals surface area contributed by atoms with Crippen LogP contribution in [0.15, 0.2) is 0 Å². The molecule has 0 aromatic carbocycles. The summed E-state index contributed by atoms with van der Waals surface area (Å²) in [6.45, 7) is 7.81. The Hall–Kier alpha value is -1.10. The zero-order valence-electron chi connectivity index (χ0n) is 31.4. The van der Waals surface area contributed by atoms with Crippen molar-refractivity contribution < 1.29 is 23.8 Å². The maximum atomic E-state index is 12.5. The van der Waals surface area contributed by atoms with Crippen LogP contribution in [0.1, 0.15) is 226 Å². The molecule has 0 aliphatic rings. The lowest BCUT2D eigenvalue weighted by Gasteiger charge is -2.18. The van der Waals surface area contributed by atoms with Gasteiger partial charge in [0.15, 0.2) is 6.10 Å². The highest BCUT2D eigenvalue weighted by Gasteiger charge is 2.17. The Labute approximate surface area is 287 Å². The molecule has 0 rings (SSSR count). The van der Waals surface area contributed by atoms with Crippen molar-refractivity contribution in [1.29, 1.82) is 0 Å². The summed E-state index contributed by atoms with van der Waals surface area (Å²) in [7, 11) is 0. The molecule has 274 valence electrons. The normalized spacial score (nSPS) is 12.0. The van der Waals surface area contributed by atoms with E-state index in [1.54, 1.807) is 0 Å². The zero-order chi connectivity index (χ0) is 33.6. The first-order valence-corrected chi connectivity index (χ1v) is 20.6. The van der Waals surface area contributed by atoms with E-state index in [2.05, 4.69) is 20.8 Å². The summed E-state index contributed by atoms with van der Waals surface area (Å²) in [6.07, 6.45) is 38.2. The molecule has 0 fully saturated rings. The maximum Gasteiger partial charge on any atom is 0.306 e. The van der Waals surface area contributed by atoms with Gasteiger partial charge in [-0.15, -0.1) is 0 Å². The van der Waals surface area contributed by atoms with Gasteiger partial charge in [0.2, 0.25) is 0 Å². The van der Waals surface area contributed by atoms with Gasteiger partial charge >= 0.3 is 11.9 Å². The zero-order valence-corrected chi connectivity index (χ0v) is 31.4. The molecule has 5 heteroatoms. The van der Waals surface area contributed by atoms with Gasteiger partial charge in [-0.1, -0.05) is 194 Å². The topological polar surface area (TPSA) is 61.8 Å². The van der Waals surface area contributed by atoms with Crippen LogP contribution in [0.4, 0.5) is 0 Å². The van der Waals surface area contributed by atoms with Crippen molar-refractivity contribution in [2.75, 3.05) is 19.8 Å². The van der Waals surface area contributed by atoms with Crippen LogP contribution in [0.5, 0.6) is 0 Å². The molecule has 5 nitrogen and oxygen atoms in total. The number of hydrogen-bond acceptors (Lipinski definition) is 5. The Morgan fingerprint density at radius 1 is 0.391 bits per heavy atom. The van der Waals surface area contributed by atoms with Crippen molar-refractivity contribution in [2.45, 2.75) is 232 Å². The lowest BCUT2D eigenvalue weighted by Crippen LogP contribution is -2.30. The second kappa shape index (κ2) is 38.3. The number of ether oxygens (including phenoxy) is 3. The fourth-order valence-corrected chi connectivity index (χ4v) is 6.04. The van der Waals surface area contributed by atoms with Gasteiger partial charge in [0.25, 0.3) is 0 Å². The maximum absolute atomic E-state index is 12.5. The van der Waals surface area contributed by atoms with Gasteiger partial charge < -0.3 is 14.2 Å². The Kier molecular flexibility index (Phi) is 37.4. The summed E-state index contributed by atoms with van der Waals surface area (Å²) in [4.78, 5) is 25.0. The van der Waals surface area contributed by atoms with E-state index < -0.39 is 6.10 Å². The molecule has 0 heterocycles. The lowest BCUT2D eigenvalue weighted by molar-refractivity contribution is -0.163. The first-order valence-electron chi connectivity index (χ1n) is 20.6. The van der Waals surface area contributed by atoms with E-state index in [0.29, 0.717) is 26.1 Å². The van der Waals surface area contributed by atoms with Crippen LogP contribution in [0.25, 0.3) is 0 Å². The van der Waals surface area contributed by atoms with Crippen molar-refractivity contribution in [3.05, 3.63) is 0 Å². The SMILES string of the molecule is CCCCCCCCCCCCCCCCCC(=O)OCC(COCCCCCCCCCC)OC(=O)CCCCCCCCC. The molecule has 0 spiro atoms. The first-order chi connectivity index (χ1) is 22.6. The number of hydrogen-bond donors (Lipinski definition) is 0. The van der Waals surface area contributed by atoms with E-state index in [4.69, 9.17) is 14.2 Å². The molecule has 0 amide bonds. The second-order valence-corrected chi connectivity index (χ2v) is 13.9. The van der Waals surface area contributed by atoms with Crippen LogP contribution in [0.2, 0.25) is 0 Å². The highest BCUT2D eigenvalue weighted by Crippen LogP contribution is 2.15. The van der Waals surface area contributed by atoms with Crippen LogP contribution in [-0.2, 0) is 23.8 Å². The van der Waals surface area contributed by atoms with Gasteiger partial charge in [-0.05, 0) is 19.3 Å². The van der Waals surface area contributed by atoms with Crippen LogP contribution in [0.3, 0.4) is 0 Å². The summed E-state index contributed by atoms with van der Waals surface area (Å²) in [5.41, 5.74) is 0. The molecule has 0 radical (unpaired) electrons. The molecule has 0 aliphatic heterocycles. The average Bonchev–Trinajstić information content (AvgIpc) is 3.05. The van der Waals surface area contributed by atoms with Gasteiger partial charge in [-0.2, -0.15) is 0 Å². The highest BCUT2D eigenvalue weighted by molar-refractivity contribution is 5.70. The van der Waals surface area contributed by atoms with E-state index in [1.807, 2.05) is 0 Å². The highest BCUT2D eigenvalue weighted by atomic mass is 16.6. The van der Waals surface area contributed by atoms with Crippen LogP contribution >= 0.6 is 0 Å². The summed E-state index contributed by atoms with van der Waals surface area (Å²) in [5, 5.41) is 0. The Balaban J connectivity index is 4.07. The number of unbranched alkanes of at least 4 members (excludes halogenated alkanes) is 27. The number of carbonyl (C=O) groups is 2. The Bertz CT molecular complexity index is 622. The third-order valence-electron chi connectivity index (χ3n) is 9.14. The molecule has 0 bridgehead atoms. The minimum Gasteiger partial charge on any atom is -0.462 e. The third kappa shape index (κ3) is 35.7. The largest absolute Gasteiger partial charge is 0.462 e. The number of esters is 2. The predicted octanol–water partition coefficient (Wildman–Crippen LogP) is 13.0. The van der Waals surface area contributed by atoms with Gasteiger partial charge in [0.1, 0.15) is 6.61 Å². The Morgan fingerprint density at radius 2 is 0.717 bits per heavy atom. The van der Waals surface area contributed by atoms with Gasteiger partial charge in [-0.25, -0.2) is 0 Å². The van der Waals surface area contributed by atoms with Crippen LogP contribution in [-0.4, -0.2) is 37.9 Å². The van der Waals surface area contributed by atoms with E-state index in [-0.39, 0.29) is 18.5 Å². The number of rotatable bonds is 38. The molecule has 0 aliphatic carbocycles. The predicted molar refractivity (Wildman–Crippen MR) is 196 cm³/mol. The molecule has 0 aromatic rings. The summed E-state index contributed by atoms with van der Waals surface area (Å²) in [6, 6.07) is 0. The molecule has 0 saturated carbocycles. The van der Waals surface area contributed by atoms with Crippen molar-refractivity contribution in [3.8, 4) is 0 Å². The fourth-order valence-electron chi connectivity index (χ4n) is 6.04. The molecule has 0 saturated heterocycles. The standard InChI is InChI=1S/C41H80O5/c1-4-7-10-13-16-18-19-20-21-22-23-24-26-28-31-34-40(42)45-38-39(37-44-36-33-30-27-17-14-11-8-5-2)46-41(43)35-32-29-25-15-12-9-6-3/h39H,4-38H2,1-3H3. The van der Waals surface area contributed by atoms with E-state index in [0.717, 1.165) is 32.1 Å². The molecule has 0 N–H and O–H groups in total.